The first-order valence-electron chi connectivity index (χ1n) is 13.1. The highest BCUT2D eigenvalue weighted by Crippen LogP contribution is 2.36. The number of benzene rings is 3. The molecule has 1 aliphatic rings. The van der Waals surface area contributed by atoms with Gasteiger partial charge in [-0.25, -0.2) is 17.6 Å². The normalized spacial score (nSPS) is 14.7. The Bertz CT molecular complexity index is 1830. The largest absolute Gasteiger partial charge is 0.465 e. The van der Waals surface area contributed by atoms with Crippen LogP contribution in [-0.4, -0.2) is 31.6 Å². The molecule has 0 saturated heterocycles. The molecule has 0 spiro atoms. The molecule has 1 aliphatic heterocycles. The van der Waals surface area contributed by atoms with E-state index in [1.54, 1.807) is 61.5 Å². The van der Waals surface area contributed by atoms with Gasteiger partial charge in [0.2, 0.25) is 15.8 Å². The van der Waals surface area contributed by atoms with Crippen molar-refractivity contribution in [3.63, 3.8) is 0 Å². The molecule has 0 radical (unpaired) electrons. The van der Waals surface area contributed by atoms with Crippen LogP contribution >= 0.6 is 11.6 Å². The first-order valence-corrected chi connectivity index (χ1v) is 14.9. The number of rotatable bonds is 9. The molecular weight excluding hydrogens is 595 g/mol. The van der Waals surface area contributed by atoms with Crippen molar-refractivity contribution in [2.45, 2.75) is 24.9 Å². The predicted octanol–water partition coefficient (Wildman–Crippen LogP) is 6.34. The van der Waals surface area contributed by atoms with Gasteiger partial charge < -0.3 is 14.1 Å². The second kappa shape index (κ2) is 12.4. The van der Waals surface area contributed by atoms with Gasteiger partial charge in [-0.2, -0.15) is 4.31 Å². The van der Waals surface area contributed by atoms with E-state index in [-0.39, 0.29) is 35.0 Å². The van der Waals surface area contributed by atoms with Crippen LogP contribution in [0.4, 0.5) is 10.1 Å². The summed E-state index contributed by atoms with van der Waals surface area (Å²) < 4.78 is 53.0. The summed E-state index contributed by atoms with van der Waals surface area (Å²) in [7, 11) is -2.75. The Morgan fingerprint density at radius 1 is 0.977 bits per heavy atom. The summed E-state index contributed by atoms with van der Waals surface area (Å²) in [5, 5.41) is 0.529. The lowest BCUT2D eigenvalue weighted by Gasteiger charge is -2.22. The van der Waals surface area contributed by atoms with Gasteiger partial charge in [0.1, 0.15) is 22.9 Å². The average molecular weight is 621 g/mol. The Kier molecular flexibility index (Phi) is 8.63. The lowest BCUT2D eigenvalue weighted by atomic mass is 10.1. The second-order valence-electron chi connectivity index (χ2n) is 9.64. The Hall–Kier alpha value is -4.51. The van der Waals surface area contributed by atoms with Gasteiger partial charge in [-0.05, 0) is 73.2 Å². The Morgan fingerprint density at radius 2 is 1.65 bits per heavy atom. The van der Waals surface area contributed by atoms with Gasteiger partial charge in [0.25, 0.3) is 0 Å². The number of allylic oxidation sites excluding steroid dienone is 2. The van der Waals surface area contributed by atoms with E-state index in [1.807, 2.05) is 0 Å². The topological polar surface area (TPSA) is 97.1 Å². The molecule has 0 saturated carbocycles. The van der Waals surface area contributed by atoms with Crippen LogP contribution in [0.1, 0.15) is 24.0 Å². The third-order valence-corrected chi connectivity index (χ3v) is 8.88. The molecule has 0 amide bonds. The van der Waals surface area contributed by atoms with Crippen molar-refractivity contribution in [2.75, 3.05) is 12.0 Å². The highest BCUT2D eigenvalue weighted by atomic mass is 35.5. The summed E-state index contributed by atoms with van der Waals surface area (Å²) in [5.74, 6) is -1.30. The van der Waals surface area contributed by atoms with E-state index in [2.05, 4.69) is 0 Å². The molecule has 0 N–H and O–H groups in total. The van der Waals surface area contributed by atoms with Gasteiger partial charge in [0.05, 0.1) is 24.2 Å². The minimum Gasteiger partial charge on any atom is -0.465 e. The quantitative estimate of drug-likeness (QED) is 0.122. The Morgan fingerprint density at radius 3 is 2.30 bits per heavy atom. The maximum Gasteiger partial charge on any atom is 0.343 e. The maximum absolute atomic E-state index is 13.7. The molecule has 0 atom stereocenters. The van der Waals surface area contributed by atoms with E-state index in [0.717, 1.165) is 5.56 Å². The van der Waals surface area contributed by atoms with E-state index >= 15 is 0 Å². The summed E-state index contributed by atoms with van der Waals surface area (Å²) in [4.78, 5) is 27.5. The molecule has 43 heavy (non-hydrogen) atoms. The standard InChI is InChI=1S/C32H26ClFN2O6S/c1-21-30(32(38)41-2)31(37)29(36(21)25-14-12-24(34)13-15-25)18-26-16-17-27(42-26)20-35(19-22-8-10-23(33)11-9-22)43(39,40)28-6-4-3-5-7-28/h3-18H,19-20H2,1-2H3/b29-18+. The monoisotopic (exact) mass is 620 g/mol. The number of esters is 1. The van der Waals surface area contributed by atoms with Crippen LogP contribution in [0.25, 0.3) is 6.08 Å². The van der Waals surface area contributed by atoms with Crippen LogP contribution in [0.5, 0.6) is 0 Å². The van der Waals surface area contributed by atoms with Gasteiger partial charge in [0.15, 0.2) is 0 Å². The third-order valence-electron chi connectivity index (χ3n) is 6.82. The fraction of sp³-hybridized carbons (Fsp3) is 0.125. The van der Waals surface area contributed by atoms with Crippen molar-refractivity contribution in [3.8, 4) is 0 Å². The molecule has 2 heterocycles. The van der Waals surface area contributed by atoms with Crippen LogP contribution in [0.3, 0.4) is 0 Å². The van der Waals surface area contributed by atoms with Crippen LogP contribution in [0.15, 0.2) is 117 Å². The highest BCUT2D eigenvalue weighted by molar-refractivity contribution is 7.89. The van der Waals surface area contributed by atoms with E-state index < -0.39 is 27.6 Å². The number of Topliss-reactive ketones (excluding diaryl/α,β-unsaturated/α-hetero) is 1. The minimum absolute atomic E-state index is 0.0496. The fourth-order valence-corrected chi connectivity index (χ4v) is 6.25. The first-order chi connectivity index (χ1) is 20.6. The molecule has 0 fully saturated rings. The Balaban J connectivity index is 1.49. The molecule has 4 aromatic rings. The number of sulfonamides is 1. The molecule has 11 heteroatoms. The summed E-state index contributed by atoms with van der Waals surface area (Å²) in [6, 6.07) is 23.6. The number of hydrogen-bond donors (Lipinski definition) is 0. The molecular formula is C32H26ClFN2O6S. The zero-order valence-electron chi connectivity index (χ0n) is 23.2. The van der Waals surface area contributed by atoms with E-state index in [9.17, 15) is 22.4 Å². The summed E-state index contributed by atoms with van der Waals surface area (Å²) in [6.45, 7) is 1.53. The number of carbonyl (C=O) groups is 2. The lowest BCUT2D eigenvalue weighted by molar-refractivity contribution is -0.137. The molecule has 0 aliphatic carbocycles. The van der Waals surface area contributed by atoms with Crippen molar-refractivity contribution < 1.29 is 31.6 Å². The number of furan rings is 1. The molecule has 5 rings (SSSR count). The van der Waals surface area contributed by atoms with Crippen LogP contribution in [0, 0.1) is 5.82 Å². The van der Waals surface area contributed by atoms with E-state index in [0.29, 0.717) is 22.2 Å². The Labute approximate surface area is 253 Å². The predicted molar refractivity (Wildman–Crippen MR) is 160 cm³/mol. The van der Waals surface area contributed by atoms with E-state index in [4.69, 9.17) is 20.8 Å². The zero-order valence-corrected chi connectivity index (χ0v) is 24.7. The summed E-state index contributed by atoms with van der Waals surface area (Å²) in [6.07, 6.45) is 1.45. The number of methoxy groups -OCH3 is 1. The number of hydrogen-bond acceptors (Lipinski definition) is 7. The molecule has 220 valence electrons. The fourth-order valence-electron chi connectivity index (χ4n) is 4.71. The number of carbonyl (C=O) groups excluding carboxylic acids is 2. The van der Waals surface area contributed by atoms with Gasteiger partial charge in [-0.1, -0.05) is 41.9 Å². The average Bonchev–Trinajstić information content (AvgIpc) is 3.55. The maximum atomic E-state index is 13.7. The number of ketones is 1. The molecule has 3 aromatic carbocycles. The first kappa shape index (κ1) is 30.0. The SMILES string of the molecule is COC(=O)C1=C(C)N(c2ccc(F)cc2)/C(=C/c2ccc(CN(Cc3ccc(Cl)cc3)S(=O)(=O)c3ccccc3)o2)C1=O. The van der Waals surface area contributed by atoms with Gasteiger partial charge in [-0.3, -0.25) is 4.79 Å². The van der Waals surface area contributed by atoms with E-state index in [1.165, 1.54) is 58.8 Å². The number of anilines is 1. The number of nitrogens with zero attached hydrogens (tertiary/aromatic N) is 2. The smallest absolute Gasteiger partial charge is 0.343 e. The van der Waals surface area contributed by atoms with Crippen molar-refractivity contribution in [1.29, 1.82) is 0 Å². The molecule has 0 bridgehead atoms. The molecule has 0 unspecified atom stereocenters. The molecule has 1 aromatic heterocycles. The summed E-state index contributed by atoms with van der Waals surface area (Å²) in [5.41, 5.74) is 1.41. The van der Waals surface area contributed by atoms with Crippen molar-refractivity contribution >= 4 is 45.1 Å². The third kappa shape index (κ3) is 6.31. The highest BCUT2D eigenvalue weighted by Gasteiger charge is 2.38. The van der Waals surface area contributed by atoms with Crippen molar-refractivity contribution in [2.24, 2.45) is 0 Å². The zero-order chi connectivity index (χ0) is 30.7. The lowest BCUT2D eigenvalue weighted by Crippen LogP contribution is -2.30. The van der Waals surface area contributed by atoms with Gasteiger partial charge >= 0.3 is 5.97 Å². The number of ether oxygens (including phenoxy) is 1. The van der Waals surface area contributed by atoms with Gasteiger partial charge in [-0.15, -0.1) is 0 Å². The minimum atomic E-state index is -3.93. The van der Waals surface area contributed by atoms with Crippen LogP contribution in [-0.2, 0) is 37.4 Å². The summed E-state index contributed by atoms with van der Waals surface area (Å²) >= 11 is 6.02. The van der Waals surface area contributed by atoms with Crippen LogP contribution < -0.4 is 4.90 Å². The van der Waals surface area contributed by atoms with Crippen LogP contribution in [0.2, 0.25) is 5.02 Å². The van der Waals surface area contributed by atoms with Crippen molar-refractivity contribution in [1.82, 2.24) is 4.31 Å². The van der Waals surface area contributed by atoms with Crippen molar-refractivity contribution in [3.05, 3.63) is 136 Å². The van der Waals surface area contributed by atoms with Gasteiger partial charge in [0, 0.05) is 29.0 Å². The second-order valence-corrected chi connectivity index (χ2v) is 12.0. The number of halogens is 2. The molecule has 8 nitrogen and oxygen atoms in total.